The number of alkyl halides is 6. The van der Waals surface area contributed by atoms with Gasteiger partial charge in [-0.2, -0.15) is 26.3 Å². The number of rotatable bonds is 6. The van der Waals surface area contributed by atoms with Crippen LogP contribution in [0.3, 0.4) is 0 Å². The van der Waals surface area contributed by atoms with E-state index in [-0.39, 0.29) is 34.3 Å². The van der Waals surface area contributed by atoms with Crippen LogP contribution in [0.15, 0.2) is 33.3 Å². The second kappa shape index (κ2) is 18.0. The maximum absolute atomic E-state index is 13.1. The smallest absolute Gasteiger partial charge is 0.379 e. The highest BCUT2D eigenvalue weighted by Crippen LogP contribution is 2.40. The molecule has 2 atom stereocenters. The lowest BCUT2D eigenvalue weighted by molar-refractivity contribution is -0.156. The molecule has 4 aromatic heterocycles. The Hall–Kier alpha value is -3.82. The van der Waals surface area contributed by atoms with E-state index in [0.29, 0.717) is 57.8 Å². The molecule has 20 heteroatoms. The number of likely N-dealkylation sites (N-methyl/N-ethyl adjacent to an activating group) is 1. The van der Waals surface area contributed by atoms with Crippen molar-refractivity contribution in [1.29, 1.82) is 0 Å². The summed E-state index contributed by atoms with van der Waals surface area (Å²) in [6.45, 7) is 12.7. The van der Waals surface area contributed by atoms with E-state index < -0.39 is 23.9 Å². The van der Waals surface area contributed by atoms with E-state index in [1.165, 1.54) is 13.8 Å². The van der Waals surface area contributed by atoms with Crippen LogP contribution < -0.4 is 0 Å². The van der Waals surface area contributed by atoms with Gasteiger partial charge in [0.2, 0.25) is 11.5 Å². The fourth-order valence-electron chi connectivity index (χ4n) is 8.14. The topological polar surface area (TPSA) is 112 Å². The number of piperazine rings is 1. The van der Waals surface area contributed by atoms with Crippen LogP contribution >= 0.6 is 22.7 Å². The Morgan fingerprint density at radius 2 is 1.07 bits per heavy atom. The fourth-order valence-corrected chi connectivity index (χ4v) is 10.2. The predicted molar refractivity (Wildman–Crippen MR) is 208 cm³/mol. The van der Waals surface area contributed by atoms with E-state index >= 15 is 0 Å². The van der Waals surface area contributed by atoms with E-state index in [2.05, 4.69) is 41.1 Å². The van der Waals surface area contributed by atoms with Crippen LogP contribution in [0.2, 0.25) is 0 Å². The fraction of sp³-hybridized carbons (Fsp3) is 0.590. The second-order valence-corrected chi connectivity index (χ2v) is 17.5. The summed E-state index contributed by atoms with van der Waals surface area (Å²) in [6, 6.07) is 7.29. The van der Waals surface area contributed by atoms with Crippen LogP contribution in [0.25, 0.3) is 21.1 Å². The molecule has 0 radical (unpaired) electrons. The molecule has 2 amide bonds. The van der Waals surface area contributed by atoms with Gasteiger partial charge in [-0.05, 0) is 70.8 Å². The Bertz CT molecular complexity index is 2070. The molecule has 0 spiro atoms. The summed E-state index contributed by atoms with van der Waals surface area (Å²) < 4.78 is 92.2. The highest BCUT2D eigenvalue weighted by atomic mass is 32.1. The summed E-state index contributed by atoms with van der Waals surface area (Å²) in [7, 11) is 2.12. The van der Waals surface area contributed by atoms with Crippen LogP contribution in [-0.2, 0) is 17.1 Å². The number of aromatic nitrogens is 2. The van der Waals surface area contributed by atoms with Crippen LogP contribution in [0.4, 0.5) is 26.3 Å². The molecule has 4 aliphatic rings. The average Bonchev–Trinajstić information content (AvgIpc) is 4.05. The molecule has 8 rings (SSSR count). The normalized spacial score (nSPS) is 21.7. The minimum absolute atomic E-state index is 0.0588. The van der Waals surface area contributed by atoms with Crippen molar-refractivity contribution in [2.45, 2.75) is 64.0 Å². The second-order valence-electron chi connectivity index (χ2n) is 15.4. The van der Waals surface area contributed by atoms with Crippen LogP contribution in [0.1, 0.15) is 67.7 Å². The lowest BCUT2D eigenvalue weighted by atomic mass is 10.0. The minimum atomic E-state index is -4.59. The Morgan fingerprint density at radius 3 is 1.47 bits per heavy atom. The molecule has 4 fully saturated rings. The maximum Gasteiger partial charge on any atom is 0.452 e. The molecule has 0 bridgehead atoms. The molecule has 12 nitrogen and oxygen atoms in total. The number of hydrogen-bond acceptors (Lipinski definition) is 12. The molecule has 322 valence electrons. The van der Waals surface area contributed by atoms with Gasteiger partial charge < -0.3 is 28.5 Å². The van der Waals surface area contributed by atoms with Crippen LogP contribution in [0, 0.1) is 13.8 Å². The summed E-state index contributed by atoms with van der Waals surface area (Å²) in [6.07, 6.45) is -5.15. The molecule has 0 saturated carbocycles. The summed E-state index contributed by atoms with van der Waals surface area (Å²) in [4.78, 5) is 38.9. The molecular weight excluding hydrogens is 825 g/mol. The zero-order valence-corrected chi connectivity index (χ0v) is 34.7. The standard InChI is InChI=1S/C20H25F3N4O2S.C19H22F3N3O3S/c1-13-17(24-29-18(13)20(21,22)23)15-5-6-16(30-15)19(28)27-7-3-4-14(12-27)26-10-8-25(2)9-11-26;1-12-16(23-28-17(12)19(20,21)22)14-4-5-15(29-14)18(26)25-6-2-3-13(11-25)24-7-9-27-10-8-24/h5-6,14H,3-4,7-12H2,1-2H3;4-5,13H,2-3,6-11H2,1H3. The van der Waals surface area contributed by atoms with Crippen LogP contribution in [0.5, 0.6) is 0 Å². The molecule has 4 saturated heterocycles. The summed E-state index contributed by atoms with van der Waals surface area (Å²) in [5.74, 6) is -2.35. The monoisotopic (exact) mass is 871 g/mol. The zero-order chi connectivity index (χ0) is 42.1. The number of amides is 2. The van der Waals surface area contributed by atoms with E-state index in [1.54, 1.807) is 24.3 Å². The molecule has 4 aliphatic heterocycles. The van der Waals surface area contributed by atoms with Crippen LogP contribution in [-0.4, -0.2) is 144 Å². The third kappa shape index (κ3) is 9.88. The van der Waals surface area contributed by atoms with Crippen molar-refractivity contribution in [3.63, 3.8) is 0 Å². The van der Waals surface area contributed by atoms with Gasteiger partial charge in [0.15, 0.2) is 0 Å². The SMILES string of the molecule is Cc1c(-c2ccc(C(=O)N3CCCC(N4CCN(C)CC4)C3)s2)noc1C(F)(F)F.Cc1c(-c2ccc(C(=O)N3CCCC(N4CCOCC4)C3)s2)noc1C(F)(F)F. The Labute approximate surface area is 345 Å². The number of carbonyl (C=O) groups is 2. The largest absolute Gasteiger partial charge is 0.452 e. The van der Waals surface area contributed by atoms with Gasteiger partial charge in [-0.25, -0.2) is 0 Å². The lowest BCUT2D eigenvalue weighted by Gasteiger charge is -2.42. The van der Waals surface area contributed by atoms with Gasteiger partial charge in [0.1, 0.15) is 11.4 Å². The van der Waals surface area contributed by atoms with Crippen molar-refractivity contribution in [2.75, 3.05) is 85.7 Å². The minimum Gasteiger partial charge on any atom is -0.379 e. The first-order valence-corrected chi connectivity index (χ1v) is 21.3. The molecule has 0 aromatic carbocycles. The number of nitrogens with zero attached hydrogens (tertiary/aromatic N) is 7. The average molecular weight is 872 g/mol. The van der Waals surface area contributed by atoms with Gasteiger partial charge in [0.25, 0.3) is 11.8 Å². The Morgan fingerprint density at radius 1 is 0.644 bits per heavy atom. The van der Waals surface area contributed by atoms with Gasteiger partial charge in [0.05, 0.1) is 32.7 Å². The highest BCUT2D eigenvalue weighted by molar-refractivity contribution is 7.17. The van der Waals surface area contributed by atoms with Gasteiger partial charge in [-0.15, -0.1) is 22.7 Å². The molecule has 8 heterocycles. The number of piperidine rings is 2. The number of carbonyl (C=O) groups excluding carboxylic acids is 2. The highest BCUT2D eigenvalue weighted by Gasteiger charge is 2.41. The first-order chi connectivity index (χ1) is 28.1. The van der Waals surface area contributed by atoms with Gasteiger partial charge in [-0.3, -0.25) is 19.4 Å². The summed E-state index contributed by atoms with van der Waals surface area (Å²) in [5.41, 5.74) is 0.145. The van der Waals surface area contributed by atoms with E-state index in [9.17, 15) is 35.9 Å². The lowest BCUT2D eigenvalue weighted by Crippen LogP contribution is -2.55. The molecule has 4 aromatic rings. The third-order valence-electron chi connectivity index (χ3n) is 11.4. The van der Waals surface area contributed by atoms with Crippen molar-refractivity contribution in [2.24, 2.45) is 0 Å². The number of ether oxygens (including phenoxy) is 1. The number of halogens is 6. The molecule has 2 unspecified atom stereocenters. The maximum atomic E-state index is 13.1. The van der Waals surface area contributed by atoms with Crippen molar-refractivity contribution in [1.82, 2.24) is 34.8 Å². The van der Waals surface area contributed by atoms with E-state index in [4.69, 9.17) is 4.74 Å². The Kier molecular flexibility index (Phi) is 13.2. The zero-order valence-electron chi connectivity index (χ0n) is 33.0. The van der Waals surface area contributed by atoms with Crippen molar-refractivity contribution in [3.05, 3.63) is 56.7 Å². The third-order valence-corrected chi connectivity index (χ3v) is 13.6. The first kappa shape index (κ1) is 43.3. The van der Waals surface area contributed by atoms with Gasteiger partial charge >= 0.3 is 12.4 Å². The Balaban J connectivity index is 0.000000179. The predicted octanol–water partition coefficient (Wildman–Crippen LogP) is 7.25. The molecule has 0 aliphatic carbocycles. The van der Waals surface area contributed by atoms with Crippen molar-refractivity contribution < 1.29 is 49.7 Å². The summed E-state index contributed by atoms with van der Waals surface area (Å²) >= 11 is 2.31. The van der Waals surface area contributed by atoms with Crippen molar-refractivity contribution >= 4 is 34.5 Å². The number of thiophene rings is 2. The van der Waals surface area contributed by atoms with E-state index in [0.717, 1.165) is 101 Å². The number of morpholine rings is 1. The van der Waals surface area contributed by atoms with Gasteiger partial charge in [0, 0.05) is 88.7 Å². The van der Waals surface area contributed by atoms with Gasteiger partial charge in [-0.1, -0.05) is 10.3 Å². The molecule has 59 heavy (non-hydrogen) atoms. The number of likely N-dealkylation sites (tertiary alicyclic amines) is 2. The first-order valence-electron chi connectivity index (χ1n) is 19.7. The quantitative estimate of drug-likeness (QED) is 0.184. The summed E-state index contributed by atoms with van der Waals surface area (Å²) in [5, 5.41) is 7.18. The molecule has 0 N–H and O–H groups in total. The molecular formula is C39H47F6N7O5S2. The van der Waals surface area contributed by atoms with E-state index in [1.807, 2.05) is 9.80 Å². The van der Waals surface area contributed by atoms with Crippen molar-refractivity contribution in [3.8, 4) is 21.1 Å². The number of hydrogen-bond donors (Lipinski definition) is 0.